The van der Waals surface area contributed by atoms with Crippen molar-refractivity contribution in [3.8, 4) is 0 Å². The number of rotatable bonds is 2. The van der Waals surface area contributed by atoms with Gasteiger partial charge in [0.2, 0.25) is 0 Å². The first-order valence-corrected chi connectivity index (χ1v) is 3.79. The van der Waals surface area contributed by atoms with E-state index in [4.69, 9.17) is 11.6 Å². The molecule has 1 aromatic carbocycles. The minimum atomic E-state index is -0.841. The minimum absolute atomic E-state index is 0.256. The van der Waals surface area contributed by atoms with Crippen LogP contribution in [-0.2, 0) is 4.79 Å². The van der Waals surface area contributed by atoms with Gasteiger partial charge >= 0.3 is 0 Å². The van der Waals surface area contributed by atoms with Gasteiger partial charge in [0.05, 0.1) is 0 Å². The van der Waals surface area contributed by atoms with Gasteiger partial charge in [0.15, 0.2) is 0 Å². The fraction of sp³-hybridized carbons (Fsp3) is 0. The van der Waals surface area contributed by atoms with E-state index in [1.54, 1.807) is 0 Å². The summed E-state index contributed by atoms with van der Waals surface area (Å²) < 4.78 is 25.5. The van der Waals surface area contributed by atoms with Crippen LogP contribution >= 0.6 is 11.6 Å². The van der Waals surface area contributed by atoms with Gasteiger partial charge in [0, 0.05) is 0 Å². The number of aldehydes is 1. The Morgan fingerprint density at radius 3 is 2.23 bits per heavy atom. The van der Waals surface area contributed by atoms with Crippen LogP contribution in [-0.4, -0.2) is 6.29 Å². The molecule has 0 unspecified atom stereocenters. The summed E-state index contributed by atoms with van der Waals surface area (Å²) >= 11 is 5.24. The first-order valence-electron chi connectivity index (χ1n) is 3.41. The van der Waals surface area contributed by atoms with Crippen LogP contribution in [0, 0.1) is 11.6 Å². The van der Waals surface area contributed by atoms with Crippen molar-refractivity contribution in [1.29, 1.82) is 0 Å². The van der Waals surface area contributed by atoms with Gasteiger partial charge in [-0.1, -0.05) is 17.7 Å². The van der Waals surface area contributed by atoms with Crippen LogP contribution < -0.4 is 0 Å². The normalized spacial score (nSPS) is 10.7. The van der Waals surface area contributed by atoms with Crippen LogP contribution in [0.3, 0.4) is 0 Å². The SMILES string of the molecule is O=C/C=C/c1cc(F)c(Cl)c(F)c1. The highest BCUT2D eigenvalue weighted by atomic mass is 35.5. The number of carbonyl (C=O) groups excluding carboxylic acids is 1. The van der Waals surface area contributed by atoms with E-state index >= 15 is 0 Å². The van der Waals surface area contributed by atoms with Gasteiger partial charge in [-0.3, -0.25) is 4.79 Å². The molecule has 0 spiro atoms. The molecule has 1 nitrogen and oxygen atoms in total. The Bertz CT molecular complexity index is 338. The fourth-order valence-electron chi connectivity index (χ4n) is 0.822. The molecule has 0 aliphatic carbocycles. The standard InChI is InChI=1S/C9H5ClF2O/c10-9-7(11)4-6(2-1-3-13)5-8(9)12/h1-5H/b2-1+. The van der Waals surface area contributed by atoms with Gasteiger partial charge in [-0.05, 0) is 23.8 Å². The Hall–Kier alpha value is -1.22. The Morgan fingerprint density at radius 2 is 1.77 bits per heavy atom. The third kappa shape index (κ3) is 2.36. The monoisotopic (exact) mass is 202 g/mol. The zero-order valence-corrected chi connectivity index (χ0v) is 7.18. The molecule has 1 aromatic rings. The molecule has 0 N–H and O–H groups in total. The number of benzene rings is 1. The first-order chi connectivity index (χ1) is 6.15. The predicted octanol–water partition coefficient (Wildman–Crippen LogP) is 2.83. The van der Waals surface area contributed by atoms with Gasteiger partial charge in [0.1, 0.15) is 22.9 Å². The molecule has 0 saturated heterocycles. The Labute approximate surface area is 78.6 Å². The molecule has 0 bridgehead atoms. The number of hydrogen-bond donors (Lipinski definition) is 0. The van der Waals surface area contributed by atoms with Crippen molar-refractivity contribution in [1.82, 2.24) is 0 Å². The summed E-state index contributed by atoms with van der Waals surface area (Å²) in [6.07, 6.45) is 2.95. The van der Waals surface area contributed by atoms with Crippen molar-refractivity contribution < 1.29 is 13.6 Å². The van der Waals surface area contributed by atoms with E-state index in [0.29, 0.717) is 6.29 Å². The molecule has 0 radical (unpaired) electrons. The molecule has 13 heavy (non-hydrogen) atoms. The third-order valence-electron chi connectivity index (χ3n) is 1.37. The highest BCUT2D eigenvalue weighted by molar-refractivity contribution is 6.30. The maximum atomic E-state index is 12.8. The maximum Gasteiger partial charge on any atom is 0.145 e. The zero-order valence-electron chi connectivity index (χ0n) is 6.43. The average Bonchev–Trinajstić information content (AvgIpc) is 2.10. The Kier molecular flexibility index (Phi) is 3.14. The van der Waals surface area contributed by atoms with Crippen molar-refractivity contribution in [3.05, 3.63) is 40.4 Å². The van der Waals surface area contributed by atoms with E-state index in [9.17, 15) is 13.6 Å². The van der Waals surface area contributed by atoms with Gasteiger partial charge in [0.25, 0.3) is 0 Å². The lowest BCUT2D eigenvalue weighted by molar-refractivity contribution is -0.104. The molecular weight excluding hydrogens is 198 g/mol. The molecule has 4 heteroatoms. The maximum absolute atomic E-state index is 12.8. The minimum Gasteiger partial charge on any atom is -0.299 e. The van der Waals surface area contributed by atoms with Crippen LogP contribution in [0.1, 0.15) is 5.56 Å². The van der Waals surface area contributed by atoms with E-state index in [-0.39, 0.29) is 5.56 Å². The van der Waals surface area contributed by atoms with Gasteiger partial charge in [-0.25, -0.2) is 8.78 Å². The first kappa shape index (κ1) is 9.86. The van der Waals surface area contributed by atoms with Crippen molar-refractivity contribution in [2.24, 2.45) is 0 Å². The molecular formula is C9H5ClF2O. The lowest BCUT2D eigenvalue weighted by atomic mass is 10.2. The van der Waals surface area contributed by atoms with Crippen LogP contribution in [0.25, 0.3) is 6.08 Å². The third-order valence-corrected chi connectivity index (χ3v) is 1.73. The molecule has 0 saturated carbocycles. The molecule has 1 rings (SSSR count). The molecule has 0 aliphatic heterocycles. The van der Waals surface area contributed by atoms with E-state index < -0.39 is 16.7 Å². The number of halogens is 3. The summed E-state index contributed by atoms with van der Waals surface area (Å²) in [7, 11) is 0. The van der Waals surface area contributed by atoms with E-state index in [2.05, 4.69) is 0 Å². The Morgan fingerprint density at radius 1 is 1.23 bits per heavy atom. The molecule has 0 aliphatic rings. The summed E-state index contributed by atoms with van der Waals surface area (Å²) in [5.41, 5.74) is 0.256. The van der Waals surface area contributed by atoms with Gasteiger partial charge in [-0.2, -0.15) is 0 Å². The van der Waals surface area contributed by atoms with Crippen LogP contribution in [0.5, 0.6) is 0 Å². The van der Waals surface area contributed by atoms with Crippen LogP contribution in [0.2, 0.25) is 5.02 Å². The molecule has 0 fully saturated rings. The largest absolute Gasteiger partial charge is 0.299 e. The molecule has 0 atom stereocenters. The summed E-state index contributed by atoms with van der Waals surface area (Å²) in [4.78, 5) is 9.91. The zero-order chi connectivity index (χ0) is 9.84. The van der Waals surface area contributed by atoms with Crippen LogP contribution in [0.4, 0.5) is 8.78 Å². The second-order valence-corrected chi connectivity index (χ2v) is 2.67. The highest BCUT2D eigenvalue weighted by Gasteiger charge is 2.06. The summed E-state index contributed by atoms with van der Waals surface area (Å²) in [6, 6.07) is 2.09. The molecule has 68 valence electrons. The topological polar surface area (TPSA) is 17.1 Å². The van der Waals surface area contributed by atoms with E-state index in [0.717, 1.165) is 18.2 Å². The van der Waals surface area contributed by atoms with Crippen molar-refractivity contribution in [3.63, 3.8) is 0 Å². The molecule has 0 amide bonds. The number of allylic oxidation sites excluding steroid dienone is 1. The smallest absolute Gasteiger partial charge is 0.145 e. The van der Waals surface area contributed by atoms with Crippen LogP contribution in [0.15, 0.2) is 18.2 Å². The Balaban J connectivity index is 3.12. The van der Waals surface area contributed by atoms with Gasteiger partial charge < -0.3 is 0 Å². The summed E-state index contributed by atoms with van der Waals surface area (Å²) in [5.74, 6) is -1.68. The van der Waals surface area contributed by atoms with Gasteiger partial charge in [-0.15, -0.1) is 0 Å². The number of hydrogen-bond acceptors (Lipinski definition) is 1. The highest BCUT2D eigenvalue weighted by Crippen LogP contribution is 2.20. The second-order valence-electron chi connectivity index (χ2n) is 2.29. The molecule has 0 aromatic heterocycles. The number of carbonyl (C=O) groups is 1. The molecule has 0 heterocycles. The van der Waals surface area contributed by atoms with Crippen molar-refractivity contribution in [2.75, 3.05) is 0 Å². The summed E-state index contributed by atoms with van der Waals surface area (Å²) in [6.45, 7) is 0. The van der Waals surface area contributed by atoms with Crippen molar-refractivity contribution >= 4 is 24.0 Å². The fourth-order valence-corrected chi connectivity index (χ4v) is 0.931. The average molecular weight is 203 g/mol. The van der Waals surface area contributed by atoms with Crippen molar-refractivity contribution in [2.45, 2.75) is 0 Å². The lowest BCUT2D eigenvalue weighted by Crippen LogP contribution is -1.85. The van der Waals surface area contributed by atoms with E-state index in [1.807, 2.05) is 0 Å². The van der Waals surface area contributed by atoms with E-state index in [1.165, 1.54) is 6.08 Å². The second kappa shape index (κ2) is 4.14. The quantitative estimate of drug-likeness (QED) is 0.410. The summed E-state index contributed by atoms with van der Waals surface area (Å²) in [5, 5.41) is -0.539. The lowest BCUT2D eigenvalue weighted by Gasteiger charge is -1.97. The predicted molar refractivity (Wildman–Crippen MR) is 46.5 cm³/mol.